The molecule has 0 saturated carbocycles. The molecule has 5 nitrogen and oxygen atoms in total. The van der Waals surface area contributed by atoms with Crippen molar-refractivity contribution in [1.29, 1.82) is 0 Å². The van der Waals surface area contributed by atoms with Crippen LogP contribution in [0.5, 0.6) is 11.5 Å². The number of nitrogens with zero attached hydrogens (tertiary/aromatic N) is 3. The number of rotatable bonds is 5. The largest absolute Gasteiger partial charge is 0.493 e. The first-order valence-corrected chi connectivity index (χ1v) is 8.02. The van der Waals surface area contributed by atoms with Gasteiger partial charge in [0, 0.05) is 31.3 Å². The average molecular weight is 313 g/mol. The molecule has 23 heavy (non-hydrogen) atoms. The van der Waals surface area contributed by atoms with E-state index in [9.17, 15) is 0 Å². The van der Waals surface area contributed by atoms with Crippen molar-refractivity contribution in [3.63, 3.8) is 0 Å². The van der Waals surface area contributed by atoms with Gasteiger partial charge in [-0.3, -0.25) is 0 Å². The number of ether oxygens (including phenoxy) is 2. The molecule has 1 atom stereocenters. The average Bonchev–Trinajstić information content (AvgIpc) is 2.60. The van der Waals surface area contributed by atoms with Crippen molar-refractivity contribution < 1.29 is 9.47 Å². The summed E-state index contributed by atoms with van der Waals surface area (Å²) in [6.45, 7) is 3.73. The molecule has 0 spiro atoms. The van der Waals surface area contributed by atoms with Crippen LogP contribution >= 0.6 is 0 Å². The van der Waals surface area contributed by atoms with E-state index in [0.29, 0.717) is 12.5 Å². The van der Waals surface area contributed by atoms with E-state index in [-0.39, 0.29) is 0 Å². The monoisotopic (exact) mass is 313 g/mol. The van der Waals surface area contributed by atoms with Crippen LogP contribution in [0.25, 0.3) is 0 Å². The molecule has 2 aromatic rings. The van der Waals surface area contributed by atoms with Gasteiger partial charge in [-0.05, 0) is 31.4 Å². The van der Waals surface area contributed by atoms with Crippen LogP contribution in [0, 0.1) is 5.92 Å². The quantitative estimate of drug-likeness (QED) is 0.849. The number of aromatic nitrogens is 2. The highest BCUT2D eigenvalue weighted by Gasteiger charge is 2.23. The molecule has 0 bridgehead atoms. The molecule has 0 N–H and O–H groups in total. The van der Waals surface area contributed by atoms with Gasteiger partial charge in [-0.15, -0.1) is 0 Å². The first kappa shape index (κ1) is 15.6. The van der Waals surface area contributed by atoms with Crippen molar-refractivity contribution in [2.75, 3.05) is 32.2 Å². The highest BCUT2D eigenvalue weighted by molar-refractivity contribution is 5.48. The third-order valence-electron chi connectivity index (χ3n) is 4.32. The lowest BCUT2D eigenvalue weighted by Gasteiger charge is -2.26. The molecule has 0 saturated heterocycles. The normalized spacial score (nSPS) is 16.4. The van der Waals surface area contributed by atoms with Gasteiger partial charge >= 0.3 is 0 Å². The third kappa shape index (κ3) is 3.38. The van der Waals surface area contributed by atoms with E-state index in [1.54, 1.807) is 13.4 Å². The number of para-hydroxylation sites is 1. The fourth-order valence-electron chi connectivity index (χ4n) is 2.91. The zero-order valence-corrected chi connectivity index (χ0v) is 14.0. The van der Waals surface area contributed by atoms with Crippen LogP contribution in [0.4, 0.5) is 5.82 Å². The summed E-state index contributed by atoms with van der Waals surface area (Å²) < 4.78 is 11.3. The van der Waals surface area contributed by atoms with Crippen LogP contribution in [-0.4, -0.2) is 37.3 Å². The molecule has 0 amide bonds. The van der Waals surface area contributed by atoms with E-state index in [4.69, 9.17) is 9.47 Å². The lowest BCUT2D eigenvalue weighted by molar-refractivity contribution is 0.210. The van der Waals surface area contributed by atoms with Crippen LogP contribution in [-0.2, 0) is 12.8 Å². The molecule has 3 rings (SSSR count). The Labute approximate surface area is 137 Å². The molecule has 1 aromatic heterocycles. The summed E-state index contributed by atoms with van der Waals surface area (Å²) in [5.74, 6) is 3.09. The number of benzene rings is 1. The summed E-state index contributed by atoms with van der Waals surface area (Å²) in [7, 11) is 3.72. The van der Waals surface area contributed by atoms with E-state index in [1.165, 1.54) is 5.56 Å². The number of methoxy groups -OCH3 is 1. The highest BCUT2D eigenvalue weighted by Crippen LogP contribution is 2.36. The summed E-state index contributed by atoms with van der Waals surface area (Å²) >= 11 is 0. The van der Waals surface area contributed by atoms with Crippen LogP contribution in [0.3, 0.4) is 0 Å². The molecule has 1 aliphatic rings. The minimum absolute atomic E-state index is 0.421. The molecule has 1 aliphatic heterocycles. The molecule has 0 fully saturated rings. The molecule has 5 heteroatoms. The van der Waals surface area contributed by atoms with E-state index in [0.717, 1.165) is 42.4 Å². The van der Waals surface area contributed by atoms with Crippen molar-refractivity contribution in [2.24, 2.45) is 5.92 Å². The Hall–Kier alpha value is -2.30. The van der Waals surface area contributed by atoms with Crippen molar-refractivity contribution in [3.05, 3.63) is 41.9 Å². The predicted molar refractivity (Wildman–Crippen MR) is 90.4 cm³/mol. The van der Waals surface area contributed by atoms with Gasteiger partial charge in [-0.2, -0.15) is 0 Å². The molecule has 1 aromatic carbocycles. The number of hydrogen-bond acceptors (Lipinski definition) is 5. The first-order valence-electron chi connectivity index (χ1n) is 8.02. The molecule has 1 unspecified atom stereocenters. The molecule has 0 aliphatic carbocycles. The van der Waals surface area contributed by atoms with Crippen molar-refractivity contribution in [3.8, 4) is 11.5 Å². The van der Waals surface area contributed by atoms with Crippen molar-refractivity contribution in [1.82, 2.24) is 9.97 Å². The smallest absolute Gasteiger partial charge is 0.164 e. The minimum Gasteiger partial charge on any atom is -0.493 e. The summed E-state index contributed by atoms with van der Waals surface area (Å²) in [6.07, 6.45) is 3.52. The Balaban J connectivity index is 1.73. The standard InChI is InChI=1S/C18H23N3O2/c1-4-21(2)17-10-15(19-12-20-17)9-13-8-14-6-5-7-16(22-3)18(14)23-11-13/h5-7,10,12-13H,4,8-9,11H2,1-3H3. The zero-order valence-electron chi connectivity index (χ0n) is 14.0. The predicted octanol–water partition coefficient (Wildman–Crippen LogP) is 2.74. The fraction of sp³-hybridized carbons (Fsp3) is 0.444. The zero-order chi connectivity index (χ0) is 16.2. The van der Waals surface area contributed by atoms with Gasteiger partial charge < -0.3 is 14.4 Å². The van der Waals surface area contributed by atoms with Gasteiger partial charge in [-0.25, -0.2) is 9.97 Å². The van der Waals surface area contributed by atoms with E-state index in [1.807, 2.05) is 19.2 Å². The van der Waals surface area contributed by atoms with Crippen LogP contribution in [0.1, 0.15) is 18.2 Å². The maximum Gasteiger partial charge on any atom is 0.164 e. The van der Waals surface area contributed by atoms with E-state index >= 15 is 0 Å². The Bertz CT molecular complexity index is 675. The van der Waals surface area contributed by atoms with Gasteiger partial charge in [-0.1, -0.05) is 12.1 Å². The molecule has 0 radical (unpaired) electrons. The Morgan fingerprint density at radius 1 is 1.35 bits per heavy atom. The lowest BCUT2D eigenvalue weighted by Crippen LogP contribution is -2.24. The Morgan fingerprint density at radius 2 is 2.22 bits per heavy atom. The molecular formula is C18H23N3O2. The maximum atomic E-state index is 5.95. The Kier molecular flexibility index (Phi) is 4.65. The fourth-order valence-corrected chi connectivity index (χ4v) is 2.91. The Morgan fingerprint density at radius 3 is 3.00 bits per heavy atom. The van der Waals surface area contributed by atoms with Crippen LogP contribution < -0.4 is 14.4 Å². The molecule has 2 heterocycles. The minimum atomic E-state index is 0.421. The lowest BCUT2D eigenvalue weighted by atomic mass is 9.92. The van der Waals surface area contributed by atoms with Gasteiger partial charge in [0.2, 0.25) is 0 Å². The topological polar surface area (TPSA) is 47.5 Å². The van der Waals surface area contributed by atoms with Crippen molar-refractivity contribution >= 4 is 5.82 Å². The molecule has 122 valence electrons. The number of hydrogen-bond donors (Lipinski definition) is 0. The number of fused-ring (bicyclic) bond motifs is 1. The third-order valence-corrected chi connectivity index (χ3v) is 4.32. The van der Waals surface area contributed by atoms with Gasteiger partial charge in [0.15, 0.2) is 11.5 Å². The SMILES string of the molecule is CCN(C)c1cc(CC2COc3c(cccc3OC)C2)ncn1. The summed E-state index contributed by atoms with van der Waals surface area (Å²) in [4.78, 5) is 10.9. The van der Waals surface area contributed by atoms with Gasteiger partial charge in [0.05, 0.1) is 13.7 Å². The first-order chi connectivity index (χ1) is 11.2. The van der Waals surface area contributed by atoms with Crippen molar-refractivity contribution in [2.45, 2.75) is 19.8 Å². The van der Waals surface area contributed by atoms with Crippen LogP contribution in [0.15, 0.2) is 30.6 Å². The summed E-state index contributed by atoms with van der Waals surface area (Å²) in [5.41, 5.74) is 2.27. The summed E-state index contributed by atoms with van der Waals surface area (Å²) in [6, 6.07) is 8.14. The summed E-state index contributed by atoms with van der Waals surface area (Å²) in [5, 5.41) is 0. The maximum absolute atomic E-state index is 5.95. The second-order valence-electron chi connectivity index (χ2n) is 5.92. The van der Waals surface area contributed by atoms with Gasteiger partial charge in [0.25, 0.3) is 0 Å². The molecular weight excluding hydrogens is 290 g/mol. The van der Waals surface area contributed by atoms with E-state index < -0.39 is 0 Å². The second-order valence-corrected chi connectivity index (χ2v) is 5.92. The second kappa shape index (κ2) is 6.86. The number of anilines is 1. The van der Waals surface area contributed by atoms with Gasteiger partial charge in [0.1, 0.15) is 12.1 Å². The highest BCUT2D eigenvalue weighted by atomic mass is 16.5. The van der Waals surface area contributed by atoms with Crippen LogP contribution in [0.2, 0.25) is 0 Å². The van der Waals surface area contributed by atoms with E-state index in [2.05, 4.69) is 33.9 Å².